The highest BCUT2D eigenvalue weighted by atomic mass is 19.4. The fourth-order valence-electron chi connectivity index (χ4n) is 3.02. The van der Waals surface area contributed by atoms with E-state index in [9.17, 15) is 22.7 Å². The number of aliphatic hydroxyl groups is 1. The molecule has 0 spiro atoms. The van der Waals surface area contributed by atoms with Gasteiger partial charge in [-0.1, -0.05) is 26.3 Å². The van der Waals surface area contributed by atoms with Crippen LogP contribution in [0, 0.1) is 17.7 Å². The SMILES string of the molecule is CC1CCC(C)C(O)(c2ccc(F)c(C(F)(F)F)c2)C1. The maximum atomic E-state index is 13.3. The second-order valence-electron chi connectivity index (χ2n) is 5.90. The molecule has 1 aromatic rings. The molecule has 2 rings (SSSR count). The second-order valence-corrected chi connectivity index (χ2v) is 5.90. The van der Waals surface area contributed by atoms with Crippen molar-refractivity contribution in [3.63, 3.8) is 0 Å². The third-order valence-corrected chi connectivity index (χ3v) is 4.34. The zero-order chi connectivity index (χ0) is 15.1. The highest BCUT2D eigenvalue weighted by Gasteiger charge is 2.42. The third-order valence-electron chi connectivity index (χ3n) is 4.34. The molecule has 0 amide bonds. The van der Waals surface area contributed by atoms with Gasteiger partial charge in [0, 0.05) is 0 Å². The monoisotopic (exact) mass is 290 g/mol. The van der Waals surface area contributed by atoms with Crippen molar-refractivity contribution in [1.29, 1.82) is 0 Å². The summed E-state index contributed by atoms with van der Waals surface area (Å²) in [5.41, 5.74) is -2.47. The van der Waals surface area contributed by atoms with E-state index in [1.165, 1.54) is 6.07 Å². The van der Waals surface area contributed by atoms with Crippen LogP contribution >= 0.6 is 0 Å². The average molecular weight is 290 g/mol. The Morgan fingerprint density at radius 1 is 1.20 bits per heavy atom. The molecule has 0 saturated heterocycles. The molecule has 0 aromatic heterocycles. The van der Waals surface area contributed by atoms with Crippen LogP contribution in [-0.2, 0) is 11.8 Å². The van der Waals surface area contributed by atoms with Crippen LogP contribution in [-0.4, -0.2) is 5.11 Å². The standard InChI is InChI=1S/C15H18F4O/c1-9-3-4-10(2)14(20,8-9)11-5-6-13(16)12(7-11)15(17,18)19/h5-7,9-10,20H,3-4,8H2,1-2H3. The van der Waals surface area contributed by atoms with Crippen molar-refractivity contribution in [2.45, 2.75) is 44.9 Å². The van der Waals surface area contributed by atoms with Crippen LogP contribution in [0.15, 0.2) is 18.2 Å². The minimum Gasteiger partial charge on any atom is -0.385 e. The topological polar surface area (TPSA) is 20.2 Å². The summed E-state index contributed by atoms with van der Waals surface area (Å²) in [4.78, 5) is 0. The zero-order valence-electron chi connectivity index (χ0n) is 11.5. The Bertz CT molecular complexity index is 497. The molecule has 1 fully saturated rings. The molecule has 0 radical (unpaired) electrons. The third kappa shape index (κ3) is 2.68. The smallest absolute Gasteiger partial charge is 0.385 e. The molecule has 20 heavy (non-hydrogen) atoms. The van der Waals surface area contributed by atoms with Crippen LogP contribution in [0.3, 0.4) is 0 Å². The first-order chi connectivity index (χ1) is 9.14. The Morgan fingerprint density at radius 3 is 2.45 bits per heavy atom. The first-order valence-electron chi connectivity index (χ1n) is 6.74. The van der Waals surface area contributed by atoms with Crippen LogP contribution in [0.1, 0.15) is 44.2 Å². The zero-order valence-corrected chi connectivity index (χ0v) is 11.5. The number of halogens is 4. The van der Waals surface area contributed by atoms with Gasteiger partial charge >= 0.3 is 6.18 Å². The van der Waals surface area contributed by atoms with Gasteiger partial charge in [-0.2, -0.15) is 13.2 Å². The Morgan fingerprint density at radius 2 is 1.85 bits per heavy atom. The van der Waals surface area contributed by atoms with E-state index < -0.39 is 23.2 Å². The van der Waals surface area contributed by atoms with Gasteiger partial charge in [0.1, 0.15) is 5.82 Å². The molecule has 0 bridgehead atoms. The minimum absolute atomic E-state index is 0.148. The predicted octanol–water partition coefficient (Wildman–Crippen LogP) is 4.49. The molecule has 0 aliphatic heterocycles. The minimum atomic E-state index is -4.75. The van der Waals surface area contributed by atoms with Gasteiger partial charge in [0.25, 0.3) is 0 Å². The van der Waals surface area contributed by atoms with Gasteiger partial charge in [-0.05, 0) is 42.4 Å². The lowest BCUT2D eigenvalue weighted by Gasteiger charge is -2.41. The van der Waals surface area contributed by atoms with Crippen LogP contribution in [0.5, 0.6) is 0 Å². The summed E-state index contributed by atoms with van der Waals surface area (Å²) in [5, 5.41) is 10.8. The Balaban J connectivity index is 2.47. The number of hydrogen-bond donors (Lipinski definition) is 1. The largest absolute Gasteiger partial charge is 0.419 e. The van der Waals surface area contributed by atoms with Crippen LogP contribution in [0.25, 0.3) is 0 Å². The molecular formula is C15H18F4O. The van der Waals surface area contributed by atoms with Gasteiger partial charge in [0.05, 0.1) is 11.2 Å². The summed E-state index contributed by atoms with van der Waals surface area (Å²) in [7, 11) is 0. The number of hydrogen-bond acceptors (Lipinski definition) is 1. The normalized spacial score (nSPS) is 31.4. The number of alkyl halides is 3. The molecule has 1 nitrogen and oxygen atoms in total. The fraction of sp³-hybridized carbons (Fsp3) is 0.600. The lowest BCUT2D eigenvalue weighted by molar-refractivity contribution is -0.140. The van der Waals surface area contributed by atoms with E-state index in [0.29, 0.717) is 6.42 Å². The van der Waals surface area contributed by atoms with Gasteiger partial charge in [0.15, 0.2) is 0 Å². The van der Waals surface area contributed by atoms with Gasteiger partial charge in [-0.25, -0.2) is 4.39 Å². The maximum absolute atomic E-state index is 13.3. The van der Waals surface area contributed by atoms with E-state index in [1.807, 2.05) is 13.8 Å². The van der Waals surface area contributed by atoms with Gasteiger partial charge < -0.3 is 5.11 Å². The Labute approximate surface area is 115 Å². The van der Waals surface area contributed by atoms with E-state index in [2.05, 4.69) is 0 Å². The molecule has 1 aromatic carbocycles. The molecule has 0 heterocycles. The summed E-state index contributed by atoms with van der Waals surface area (Å²) >= 11 is 0. The van der Waals surface area contributed by atoms with E-state index >= 15 is 0 Å². The van der Waals surface area contributed by atoms with Gasteiger partial charge in [-0.3, -0.25) is 0 Å². The van der Waals surface area contributed by atoms with Crippen molar-refractivity contribution in [3.05, 3.63) is 35.1 Å². The van der Waals surface area contributed by atoms with Crippen molar-refractivity contribution in [2.24, 2.45) is 11.8 Å². The van der Waals surface area contributed by atoms with E-state index in [4.69, 9.17) is 0 Å². The van der Waals surface area contributed by atoms with Gasteiger partial charge in [0.2, 0.25) is 0 Å². The van der Waals surface area contributed by atoms with Crippen molar-refractivity contribution >= 4 is 0 Å². The lowest BCUT2D eigenvalue weighted by atomic mass is 9.68. The summed E-state index contributed by atoms with van der Waals surface area (Å²) in [6, 6.07) is 2.81. The molecule has 1 aliphatic rings. The van der Waals surface area contributed by atoms with Crippen molar-refractivity contribution in [2.75, 3.05) is 0 Å². The first-order valence-corrected chi connectivity index (χ1v) is 6.74. The molecular weight excluding hydrogens is 272 g/mol. The number of benzene rings is 1. The lowest BCUT2D eigenvalue weighted by Crippen LogP contribution is -2.39. The van der Waals surface area contributed by atoms with Crippen molar-refractivity contribution in [3.8, 4) is 0 Å². The molecule has 1 saturated carbocycles. The van der Waals surface area contributed by atoms with E-state index in [-0.39, 0.29) is 17.4 Å². The molecule has 3 unspecified atom stereocenters. The van der Waals surface area contributed by atoms with Crippen molar-refractivity contribution in [1.82, 2.24) is 0 Å². The van der Waals surface area contributed by atoms with E-state index in [0.717, 1.165) is 25.0 Å². The predicted molar refractivity (Wildman–Crippen MR) is 67.5 cm³/mol. The maximum Gasteiger partial charge on any atom is 0.419 e. The molecule has 112 valence electrons. The molecule has 1 N–H and O–H groups in total. The molecule has 3 atom stereocenters. The van der Waals surface area contributed by atoms with Crippen LogP contribution in [0.2, 0.25) is 0 Å². The Kier molecular flexibility index (Phi) is 3.84. The first kappa shape index (κ1) is 15.3. The summed E-state index contributed by atoms with van der Waals surface area (Å²) < 4.78 is 51.6. The number of rotatable bonds is 1. The highest BCUT2D eigenvalue weighted by molar-refractivity contribution is 5.32. The quantitative estimate of drug-likeness (QED) is 0.756. The van der Waals surface area contributed by atoms with E-state index in [1.54, 1.807) is 0 Å². The summed E-state index contributed by atoms with van der Waals surface area (Å²) in [5.74, 6) is -1.22. The summed E-state index contributed by atoms with van der Waals surface area (Å²) in [6.45, 7) is 3.79. The Hall–Kier alpha value is -1.10. The van der Waals surface area contributed by atoms with Gasteiger partial charge in [-0.15, -0.1) is 0 Å². The second kappa shape index (κ2) is 5.02. The van der Waals surface area contributed by atoms with Crippen molar-refractivity contribution < 1.29 is 22.7 Å². The molecule has 1 aliphatic carbocycles. The fourth-order valence-corrected chi connectivity index (χ4v) is 3.02. The molecule has 5 heteroatoms. The average Bonchev–Trinajstić information content (AvgIpc) is 2.33. The summed E-state index contributed by atoms with van der Waals surface area (Å²) in [6.07, 6.45) is -2.66. The highest BCUT2D eigenvalue weighted by Crippen LogP contribution is 2.45. The van der Waals surface area contributed by atoms with Crippen LogP contribution < -0.4 is 0 Å². The van der Waals surface area contributed by atoms with Crippen LogP contribution in [0.4, 0.5) is 17.6 Å².